The lowest BCUT2D eigenvalue weighted by atomic mass is 10.2. The summed E-state index contributed by atoms with van der Waals surface area (Å²) in [4.78, 5) is 5.35. The highest BCUT2D eigenvalue weighted by Crippen LogP contribution is 2.25. The Morgan fingerprint density at radius 2 is 2.44 bits per heavy atom. The minimum absolute atomic E-state index is 0.0666. The Bertz CT molecular complexity index is 438. The molecule has 16 heavy (non-hydrogen) atoms. The highest BCUT2D eigenvalue weighted by atomic mass is 32.1. The normalized spacial score (nSPS) is 14.9. The maximum atomic E-state index is 9.08. The van der Waals surface area contributed by atoms with E-state index < -0.39 is 0 Å². The van der Waals surface area contributed by atoms with Crippen LogP contribution in [0.2, 0.25) is 0 Å². The Labute approximate surface area is 98.4 Å². The molecule has 2 unspecified atom stereocenters. The van der Waals surface area contributed by atoms with Crippen LogP contribution in [0.5, 0.6) is 0 Å². The van der Waals surface area contributed by atoms with Crippen LogP contribution in [0.1, 0.15) is 29.6 Å². The number of rotatable bonds is 4. The Kier molecular flexibility index (Phi) is 3.38. The predicted octanol–water partition coefficient (Wildman–Crippen LogP) is 1.55. The maximum Gasteiger partial charge on any atom is 0.0954 e. The highest BCUT2D eigenvalue weighted by Gasteiger charge is 2.16. The average molecular weight is 237 g/mol. The molecule has 0 saturated heterocycles. The van der Waals surface area contributed by atoms with Gasteiger partial charge in [-0.15, -0.1) is 11.3 Å². The van der Waals surface area contributed by atoms with Gasteiger partial charge in [0.05, 0.1) is 30.7 Å². The standard InChI is InChI=1S/C11H15N3OS/c1-8(11-3-2-4-16-11)14-7-13-5-10(14)9(12)6-15/h2-5,7-9,15H,6,12H2,1H3. The van der Waals surface area contributed by atoms with Crippen molar-refractivity contribution < 1.29 is 5.11 Å². The van der Waals surface area contributed by atoms with Crippen LogP contribution in [0.15, 0.2) is 30.0 Å². The zero-order chi connectivity index (χ0) is 11.5. The van der Waals surface area contributed by atoms with Gasteiger partial charge in [-0.05, 0) is 18.4 Å². The van der Waals surface area contributed by atoms with Crippen LogP contribution in [-0.4, -0.2) is 21.3 Å². The number of hydrogen-bond acceptors (Lipinski definition) is 4. The minimum Gasteiger partial charge on any atom is -0.394 e. The monoisotopic (exact) mass is 237 g/mol. The second kappa shape index (κ2) is 4.78. The third-order valence-electron chi connectivity index (χ3n) is 2.64. The van der Waals surface area contributed by atoms with Gasteiger partial charge in [-0.25, -0.2) is 4.98 Å². The Hall–Kier alpha value is -1.17. The van der Waals surface area contributed by atoms with E-state index in [0.29, 0.717) is 0 Å². The summed E-state index contributed by atoms with van der Waals surface area (Å²) in [5, 5.41) is 11.1. The van der Waals surface area contributed by atoms with E-state index in [9.17, 15) is 0 Å². The number of aromatic nitrogens is 2. The second-order valence-corrected chi connectivity index (χ2v) is 4.69. The molecular formula is C11H15N3OS. The fraction of sp³-hybridized carbons (Fsp3) is 0.364. The van der Waals surface area contributed by atoms with E-state index in [-0.39, 0.29) is 18.7 Å². The first kappa shape index (κ1) is 11.3. The highest BCUT2D eigenvalue weighted by molar-refractivity contribution is 7.10. The molecule has 2 aromatic rings. The molecule has 0 aliphatic carbocycles. The van der Waals surface area contributed by atoms with Crippen LogP contribution in [0.4, 0.5) is 0 Å². The summed E-state index contributed by atoms with van der Waals surface area (Å²) in [6.07, 6.45) is 3.47. The predicted molar refractivity (Wildman–Crippen MR) is 64.4 cm³/mol. The van der Waals surface area contributed by atoms with E-state index in [1.54, 1.807) is 23.9 Å². The Morgan fingerprint density at radius 3 is 3.06 bits per heavy atom. The van der Waals surface area contributed by atoms with Crippen molar-refractivity contribution in [2.24, 2.45) is 5.73 Å². The van der Waals surface area contributed by atoms with Gasteiger partial charge in [-0.2, -0.15) is 0 Å². The molecule has 0 bridgehead atoms. The summed E-state index contributed by atoms with van der Waals surface area (Å²) in [6.45, 7) is 2.03. The van der Waals surface area contributed by atoms with Gasteiger partial charge in [0, 0.05) is 11.1 Å². The molecule has 0 aliphatic heterocycles. The van der Waals surface area contributed by atoms with Crippen molar-refractivity contribution >= 4 is 11.3 Å². The van der Waals surface area contributed by atoms with E-state index in [1.807, 2.05) is 10.6 Å². The fourth-order valence-corrected chi connectivity index (χ4v) is 2.47. The molecular weight excluding hydrogens is 222 g/mol. The van der Waals surface area contributed by atoms with Crippen molar-refractivity contribution in [1.82, 2.24) is 9.55 Å². The average Bonchev–Trinajstić information content (AvgIpc) is 2.97. The zero-order valence-corrected chi connectivity index (χ0v) is 9.89. The first-order valence-electron chi connectivity index (χ1n) is 5.15. The molecule has 2 heterocycles. The van der Waals surface area contributed by atoms with Gasteiger partial charge in [0.1, 0.15) is 0 Å². The van der Waals surface area contributed by atoms with Crippen molar-refractivity contribution in [1.29, 1.82) is 0 Å². The summed E-state index contributed by atoms with van der Waals surface area (Å²) in [7, 11) is 0. The lowest BCUT2D eigenvalue weighted by Gasteiger charge is -2.17. The SMILES string of the molecule is CC(c1cccs1)n1cncc1C(N)CO. The summed E-state index contributed by atoms with van der Waals surface area (Å²) >= 11 is 1.71. The van der Waals surface area contributed by atoms with Gasteiger partial charge < -0.3 is 15.4 Å². The lowest BCUT2D eigenvalue weighted by Crippen LogP contribution is -2.20. The topological polar surface area (TPSA) is 64.1 Å². The summed E-state index contributed by atoms with van der Waals surface area (Å²) in [6, 6.07) is 3.95. The number of nitrogens with two attached hydrogens (primary N) is 1. The number of hydrogen-bond donors (Lipinski definition) is 2. The summed E-state index contributed by atoms with van der Waals surface area (Å²) in [5.74, 6) is 0. The van der Waals surface area contributed by atoms with Crippen LogP contribution in [0.25, 0.3) is 0 Å². The smallest absolute Gasteiger partial charge is 0.0954 e. The maximum absolute atomic E-state index is 9.08. The molecule has 5 heteroatoms. The van der Waals surface area contributed by atoms with E-state index in [4.69, 9.17) is 10.8 Å². The Balaban J connectivity index is 2.30. The van der Waals surface area contributed by atoms with Crippen molar-refractivity contribution in [2.45, 2.75) is 19.0 Å². The van der Waals surface area contributed by atoms with Crippen LogP contribution < -0.4 is 5.73 Å². The zero-order valence-electron chi connectivity index (χ0n) is 9.08. The first-order chi connectivity index (χ1) is 7.74. The largest absolute Gasteiger partial charge is 0.394 e. The van der Waals surface area contributed by atoms with Crippen molar-refractivity contribution in [3.8, 4) is 0 Å². The molecule has 0 radical (unpaired) electrons. The van der Waals surface area contributed by atoms with Gasteiger partial charge in [-0.1, -0.05) is 6.07 Å². The molecule has 0 amide bonds. The third kappa shape index (κ3) is 2.02. The number of aliphatic hydroxyl groups is 1. The minimum atomic E-state index is -0.370. The van der Waals surface area contributed by atoms with Crippen molar-refractivity contribution in [3.05, 3.63) is 40.6 Å². The number of imidazole rings is 1. The fourth-order valence-electron chi connectivity index (χ4n) is 1.69. The molecule has 2 rings (SSSR count). The van der Waals surface area contributed by atoms with Crippen molar-refractivity contribution in [2.75, 3.05) is 6.61 Å². The quantitative estimate of drug-likeness (QED) is 0.848. The molecule has 0 aliphatic rings. The molecule has 4 nitrogen and oxygen atoms in total. The van der Waals surface area contributed by atoms with Crippen LogP contribution in [0, 0.1) is 0 Å². The molecule has 0 aromatic carbocycles. The molecule has 0 spiro atoms. The van der Waals surface area contributed by atoms with Gasteiger partial charge in [0.25, 0.3) is 0 Å². The number of aliphatic hydroxyl groups excluding tert-OH is 1. The second-order valence-electron chi connectivity index (χ2n) is 3.71. The van der Waals surface area contributed by atoms with Gasteiger partial charge >= 0.3 is 0 Å². The Morgan fingerprint density at radius 1 is 1.62 bits per heavy atom. The summed E-state index contributed by atoms with van der Waals surface area (Å²) < 4.78 is 2.01. The molecule has 0 saturated carbocycles. The molecule has 2 atom stereocenters. The summed E-state index contributed by atoms with van der Waals surface area (Å²) in [5.41, 5.74) is 6.69. The van der Waals surface area contributed by atoms with Gasteiger partial charge in [0.15, 0.2) is 0 Å². The third-order valence-corrected chi connectivity index (χ3v) is 3.69. The van der Waals surface area contributed by atoms with Crippen LogP contribution in [0.3, 0.4) is 0 Å². The number of nitrogens with zero attached hydrogens (tertiary/aromatic N) is 2. The number of thiophene rings is 1. The van der Waals surface area contributed by atoms with E-state index in [0.717, 1.165) is 5.69 Å². The van der Waals surface area contributed by atoms with Crippen LogP contribution >= 0.6 is 11.3 Å². The molecule has 0 fully saturated rings. The van der Waals surface area contributed by atoms with E-state index in [1.165, 1.54) is 4.88 Å². The first-order valence-corrected chi connectivity index (χ1v) is 6.03. The molecule has 2 aromatic heterocycles. The van der Waals surface area contributed by atoms with Crippen LogP contribution in [-0.2, 0) is 0 Å². The van der Waals surface area contributed by atoms with Gasteiger partial charge in [-0.3, -0.25) is 0 Å². The van der Waals surface area contributed by atoms with Gasteiger partial charge in [0.2, 0.25) is 0 Å². The van der Waals surface area contributed by atoms with E-state index >= 15 is 0 Å². The van der Waals surface area contributed by atoms with E-state index in [2.05, 4.69) is 23.4 Å². The molecule has 3 N–H and O–H groups in total. The van der Waals surface area contributed by atoms with Crippen molar-refractivity contribution in [3.63, 3.8) is 0 Å². The lowest BCUT2D eigenvalue weighted by molar-refractivity contribution is 0.262. The molecule has 86 valence electrons.